The molecule has 1 heterocycles. The molecule has 4 rings (SSSR count). The van der Waals surface area contributed by atoms with Gasteiger partial charge in [0.1, 0.15) is 29.4 Å². The molecule has 0 saturated carbocycles. The average Bonchev–Trinajstić information content (AvgIpc) is 2.81. The molecule has 0 atom stereocenters. The molecule has 0 unspecified atom stereocenters. The number of benzene rings is 3. The second-order valence-electron chi connectivity index (χ2n) is 7.06. The number of fused-ring (bicyclic) bond motifs is 1. The van der Waals surface area contributed by atoms with E-state index in [-0.39, 0.29) is 27.9 Å². The van der Waals surface area contributed by atoms with Gasteiger partial charge in [-0.2, -0.15) is 0 Å². The Labute approximate surface area is 183 Å². The van der Waals surface area contributed by atoms with Crippen LogP contribution in [-0.4, -0.2) is 7.11 Å². The summed E-state index contributed by atoms with van der Waals surface area (Å²) in [4.78, 5) is 13.1. The van der Waals surface area contributed by atoms with Crippen molar-refractivity contribution in [2.75, 3.05) is 7.11 Å². The van der Waals surface area contributed by atoms with E-state index < -0.39 is 41.3 Å². The predicted octanol–water partition coefficient (Wildman–Crippen LogP) is 6.05. The lowest BCUT2D eigenvalue weighted by atomic mass is 10.0. The lowest BCUT2D eigenvalue weighted by Crippen LogP contribution is -2.10. The van der Waals surface area contributed by atoms with Crippen molar-refractivity contribution < 1.29 is 35.8 Å². The van der Waals surface area contributed by atoms with Crippen molar-refractivity contribution in [3.05, 3.63) is 93.1 Å². The van der Waals surface area contributed by atoms with Crippen LogP contribution in [-0.2, 0) is 6.61 Å². The van der Waals surface area contributed by atoms with Gasteiger partial charge < -0.3 is 13.9 Å². The smallest absolute Gasteiger partial charge is 0.200 e. The number of methoxy groups -OCH3 is 1. The summed E-state index contributed by atoms with van der Waals surface area (Å²) in [5, 5.41) is 0.199. The van der Waals surface area contributed by atoms with Crippen LogP contribution in [0.5, 0.6) is 11.5 Å². The highest BCUT2D eigenvalue weighted by atomic mass is 19.2. The third-order valence-electron chi connectivity index (χ3n) is 5.10. The molecule has 4 aromatic rings. The fourth-order valence-corrected chi connectivity index (χ4v) is 3.47. The number of ether oxygens (including phenoxy) is 2. The normalized spacial score (nSPS) is 11.1. The maximum Gasteiger partial charge on any atom is 0.200 e. The quantitative estimate of drug-likeness (QED) is 0.206. The third kappa shape index (κ3) is 3.79. The average molecular weight is 462 g/mol. The Morgan fingerprint density at radius 3 is 2.18 bits per heavy atom. The van der Waals surface area contributed by atoms with E-state index in [0.717, 1.165) is 0 Å². The molecule has 0 aliphatic rings. The zero-order valence-corrected chi connectivity index (χ0v) is 17.3. The highest BCUT2D eigenvalue weighted by Crippen LogP contribution is 2.32. The van der Waals surface area contributed by atoms with Gasteiger partial charge in [0.15, 0.2) is 23.3 Å². The van der Waals surface area contributed by atoms with Crippen LogP contribution in [0.3, 0.4) is 0 Å². The standard InChI is InChI=1S/C24H15F5O4/c1-11-18(13-5-3-4-6-16(13)31-2)24(30)14-8-7-12(9-17(14)33-11)32-10-15-19(25)21(27)23(29)22(28)20(15)26/h3-9H,10H2,1-2H3. The van der Waals surface area contributed by atoms with E-state index in [4.69, 9.17) is 13.9 Å². The van der Waals surface area contributed by atoms with Gasteiger partial charge in [0, 0.05) is 11.6 Å². The van der Waals surface area contributed by atoms with Crippen LogP contribution in [0, 0.1) is 36.0 Å². The summed E-state index contributed by atoms with van der Waals surface area (Å²) in [6.07, 6.45) is 0. The number of aryl methyl sites for hydroxylation is 1. The van der Waals surface area contributed by atoms with Gasteiger partial charge in [-0.25, -0.2) is 22.0 Å². The van der Waals surface area contributed by atoms with Crippen LogP contribution < -0.4 is 14.9 Å². The fourth-order valence-electron chi connectivity index (χ4n) is 3.47. The Hall–Kier alpha value is -3.88. The Morgan fingerprint density at radius 2 is 1.52 bits per heavy atom. The van der Waals surface area contributed by atoms with Crippen LogP contribution in [0.25, 0.3) is 22.1 Å². The SMILES string of the molecule is COc1ccccc1-c1c(C)oc2cc(OCc3c(F)c(F)c(F)c(F)c3F)ccc2c1=O. The molecular formula is C24H15F5O4. The minimum atomic E-state index is -2.25. The highest BCUT2D eigenvalue weighted by molar-refractivity contribution is 5.85. The van der Waals surface area contributed by atoms with E-state index in [1.807, 2.05) is 0 Å². The van der Waals surface area contributed by atoms with Gasteiger partial charge >= 0.3 is 0 Å². The molecule has 0 radical (unpaired) electrons. The van der Waals surface area contributed by atoms with E-state index >= 15 is 0 Å². The summed E-state index contributed by atoms with van der Waals surface area (Å²) in [5.74, 6) is -9.55. The summed E-state index contributed by atoms with van der Waals surface area (Å²) in [6, 6.07) is 10.9. The number of hydrogen-bond donors (Lipinski definition) is 0. The molecule has 0 saturated heterocycles. The highest BCUT2D eigenvalue weighted by Gasteiger charge is 2.26. The monoisotopic (exact) mass is 462 g/mol. The summed E-state index contributed by atoms with van der Waals surface area (Å²) < 4.78 is 84.0. The molecule has 0 spiro atoms. The van der Waals surface area contributed by atoms with Gasteiger partial charge in [-0.1, -0.05) is 18.2 Å². The van der Waals surface area contributed by atoms with Gasteiger partial charge in [0.2, 0.25) is 11.2 Å². The summed E-state index contributed by atoms with van der Waals surface area (Å²) >= 11 is 0. The van der Waals surface area contributed by atoms with Gasteiger partial charge in [0.25, 0.3) is 0 Å². The predicted molar refractivity (Wildman–Crippen MR) is 110 cm³/mol. The van der Waals surface area contributed by atoms with Crippen LogP contribution in [0.2, 0.25) is 0 Å². The maximum absolute atomic E-state index is 13.9. The number of hydrogen-bond acceptors (Lipinski definition) is 4. The lowest BCUT2D eigenvalue weighted by Gasteiger charge is -2.12. The van der Waals surface area contributed by atoms with Gasteiger partial charge in [0.05, 0.1) is 23.6 Å². The van der Waals surface area contributed by atoms with E-state index in [1.165, 1.54) is 25.3 Å². The van der Waals surface area contributed by atoms with Crippen molar-refractivity contribution in [3.63, 3.8) is 0 Å². The molecule has 0 aliphatic heterocycles. The molecule has 0 fully saturated rings. The van der Waals surface area contributed by atoms with Crippen LogP contribution >= 0.6 is 0 Å². The Bertz CT molecular complexity index is 1420. The summed E-state index contributed by atoms with van der Waals surface area (Å²) in [5.41, 5.74) is -0.499. The summed E-state index contributed by atoms with van der Waals surface area (Å²) in [7, 11) is 1.48. The van der Waals surface area contributed by atoms with Crippen molar-refractivity contribution >= 4 is 11.0 Å². The first kappa shape index (κ1) is 22.3. The molecule has 4 nitrogen and oxygen atoms in total. The van der Waals surface area contributed by atoms with Gasteiger partial charge in [-0.05, 0) is 25.1 Å². The Morgan fingerprint density at radius 1 is 0.879 bits per heavy atom. The fraction of sp³-hybridized carbons (Fsp3) is 0.125. The minimum absolute atomic E-state index is 0.000895. The molecule has 33 heavy (non-hydrogen) atoms. The Kier molecular flexibility index (Phi) is 5.80. The molecule has 0 N–H and O–H groups in total. The van der Waals surface area contributed by atoms with E-state index in [9.17, 15) is 26.7 Å². The number of rotatable bonds is 5. The van der Waals surface area contributed by atoms with Crippen LogP contribution in [0.1, 0.15) is 11.3 Å². The topological polar surface area (TPSA) is 48.7 Å². The van der Waals surface area contributed by atoms with Crippen LogP contribution in [0.4, 0.5) is 22.0 Å². The maximum atomic E-state index is 13.9. The number of halogens is 5. The molecular weight excluding hydrogens is 447 g/mol. The first-order valence-electron chi connectivity index (χ1n) is 9.58. The van der Waals surface area contributed by atoms with Crippen molar-refractivity contribution in [2.24, 2.45) is 0 Å². The first-order chi connectivity index (χ1) is 15.7. The molecule has 170 valence electrons. The van der Waals surface area contributed by atoms with E-state index in [2.05, 4.69) is 0 Å². The first-order valence-corrected chi connectivity index (χ1v) is 9.58. The molecule has 9 heteroatoms. The zero-order chi connectivity index (χ0) is 23.9. The molecule has 0 bridgehead atoms. The third-order valence-corrected chi connectivity index (χ3v) is 5.10. The second-order valence-corrected chi connectivity index (χ2v) is 7.06. The molecule has 3 aromatic carbocycles. The zero-order valence-electron chi connectivity index (χ0n) is 17.3. The minimum Gasteiger partial charge on any atom is -0.496 e. The van der Waals surface area contributed by atoms with E-state index in [0.29, 0.717) is 16.9 Å². The lowest BCUT2D eigenvalue weighted by molar-refractivity contribution is 0.279. The summed E-state index contributed by atoms with van der Waals surface area (Å²) in [6.45, 7) is 0.658. The molecule has 1 aromatic heterocycles. The largest absolute Gasteiger partial charge is 0.496 e. The van der Waals surface area contributed by atoms with Crippen LogP contribution in [0.15, 0.2) is 51.7 Å². The Balaban J connectivity index is 1.72. The molecule has 0 aliphatic carbocycles. The van der Waals surface area contributed by atoms with Crippen molar-refractivity contribution in [3.8, 4) is 22.6 Å². The van der Waals surface area contributed by atoms with Crippen molar-refractivity contribution in [1.82, 2.24) is 0 Å². The number of para-hydroxylation sites is 1. The van der Waals surface area contributed by atoms with Gasteiger partial charge in [-0.3, -0.25) is 4.79 Å². The molecule has 0 amide bonds. The van der Waals surface area contributed by atoms with E-state index in [1.54, 1.807) is 31.2 Å². The van der Waals surface area contributed by atoms with Crippen molar-refractivity contribution in [1.29, 1.82) is 0 Å². The second kappa shape index (κ2) is 8.57. The van der Waals surface area contributed by atoms with Gasteiger partial charge in [-0.15, -0.1) is 0 Å². The van der Waals surface area contributed by atoms with Crippen molar-refractivity contribution in [2.45, 2.75) is 13.5 Å².